The van der Waals surface area contributed by atoms with E-state index in [0.717, 1.165) is 34.3 Å². The van der Waals surface area contributed by atoms with Crippen LogP contribution in [0, 0.1) is 6.92 Å². The second kappa shape index (κ2) is 9.53. The largest absolute Gasteiger partial charge is 0.485 e. The summed E-state index contributed by atoms with van der Waals surface area (Å²) in [7, 11) is 0. The van der Waals surface area contributed by atoms with Gasteiger partial charge in [-0.1, -0.05) is 75.4 Å². The van der Waals surface area contributed by atoms with Gasteiger partial charge in [0.05, 0.1) is 6.21 Å². The molecule has 6 heteroatoms. The highest BCUT2D eigenvalue weighted by Gasteiger charge is 2.28. The molecule has 4 aromatic rings. The van der Waals surface area contributed by atoms with Gasteiger partial charge in [0, 0.05) is 28.7 Å². The van der Waals surface area contributed by atoms with E-state index >= 15 is 0 Å². The molecule has 1 N–H and O–H groups in total. The SMILES string of the molecule is Cc1c(/C=N\NC(=O)C2COc3ccc(C(C)(C)C)cc3O2)c2ccccc2n1Cc1ccccc1. The van der Waals surface area contributed by atoms with Crippen LogP contribution in [-0.4, -0.2) is 29.4 Å². The monoisotopic (exact) mass is 481 g/mol. The molecule has 1 aliphatic heterocycles. The van der Waals surface area contributed by atoms with E-state index in [1.165, 1.54) is 5.56 Å². The van der Waals surface area contributed by atoms with Gasteiger partial charge in [-0.25, -0.2) is 5.43 Å². The lowest BCUT2D eigenvalue weighted by atomic mass is 9.87. The van der Waals surface area contributed by atoms with Crippen molar-refractivity contribution in [2.45, 2.75) is 45.8 Å². The average Bonchev–Trinajstić information content (AvgIpc) is 3.14. The molecule has 0 saturated heterocycles. The van der Waals surface area contributed by atoms with E-state index in [9.17, 15) is 4.79 Å². The van der Waals surface area contributed by atoms with Crippen molar-refractivity contribution in [3.63, 3.8) is 0 Å². The van der Waals surface area contributed by atoms with Gasteiger partial charge in [0.25, 0.3) is 5.91 Å². The number of carbonyl (C=O) groups is 1. The van der Waals surface area contributed by atoms with Crippen molar-refractivity contribution < 1.29 is 14.3 Å². The maximum atomic E-state index is 12.8. The summed E-state index contributed by atoms with van der Waals surface area (Å²) >= 11 is 0. The third-order valence-electron chi connectivity index (χ3n) is 6.59. The number of ether oxygens (including phenoxy) is 2. The number of hydrogen-bond acceptors (Lipinski definition) is 4. The van der Waals surface area contributed by atoms with E-state index in [0.29, 0.717) is 11.5 Å². The maximum absolute atomic E-state index is 12.8. The third-order valence-corrected chi connectivity index (χ3v) is 6.59. The standard InChI is InChI=1S/C30H31N3O3/c1-20-24(23-12-8-9-13-25(23)33(20)18-21-10-6-5-7-11-21)17-31-32-29(34)28-19-35-26-15-14-22(30(2,3)4)16-27(26)36-28/h5-17,28H,18-19H2,1-4H3,(H,32,34)/b31-17-. The smallest absolute Gasteiger partial charge is 0.284 e. The molecule has 5 rings (SSSR count). The zero-order valence-electron chi connectivity index (χ0n) is 21.1. The third kappa shape index (κ3) is 4.71. The summed E-state index contributed by atoms with van der Waals surface area (Å²) in [6.07, 6.45) is 0.942. The number of benzene rings is 3. The number of rotatable bonds is 5. The van der Waals surface area contributed by atoms with Crippen LogP contribution in [-0.2, 0) is 16.8 Å². The molecule has 184 valence electrons. The van der Waals surface area contributed by atoms with Crippen molar-refractivity contribution in [1.29, 1.82) is 0 Å². The van der Waals surface area contributed by atoms with E-state index in [4.69, 9.17) is 9.47 Å². The van der Waals surface area contributed by atoms with Crippen molar-refractivity contribution in [3.8, 4) is 11.5 Å². The van der Waals surface area contributed by atoms with Crippen LogP contribution in [0.3, 0.4) is 0 Å². The summed E-state index contributed by atoms with van der Waals surface area (Å²) in [5.41, 5.74) is 8.14. The Labute approximate surface area is 211 Å². The van der Waals surface area contributed by atoms with Gasteiger partial charge in [0.15, 0.2) is 11.5 Å². The van der Waals surface area contributed by atoms with E-state index < -0.39 is 6.10 Å². The molecule has 6 nitrogen and oxygen atoms in total. The molecule has 0 spiro atoms. The zero-order chi connectivity index (χ0) is 25.3. The highest BCUT2D eigenvalue weighted by atomic mass is 16.6. The lowest BCUT2D eigenvalue weighted by molar-refractivity contribution is -0.130. The highest BCUT2D eigenvalue weighted by molar-refractivity contribution is 6.01. The number of aromatic nitrogens is 1. The van der Waals surface area contributed by atoms with E-state index in [1.807, 2.05) is 48.5 Å². The Morgan fingerprint density at radius 1 is 1.06 bits per heavy atom. The van der Waals surface area contributed by atoms with Crippen LogP contribution in [0.15, 0.2) is 77.9 Å². The van der Waals surface area contributed by atoms with Crippen LogP contribution < -0.4 is 14.9 Å². The minimum absolute atomic E-state index is 0.0323. The lowest BCUT2D eigenvalue weighted by Crippen LogP contribution is -2.42. The van der Waals surface area contributed by atoms with Crippen molar-refractivity contribution >= 4 is 23.0 Å². The first kappa shape index (κ1) is 23.7. The Hall–Kier alpha value is -4.06. The number of nitrogens with one attached hydrogen (secondary N) is 1. The molecule has 0 saturated carbocycles. The number of fused-ring (bicyclic) bond motifs is 2. The highest BCUT2D eigenvalue weighted by Crippen LogP contribution is 2.36. The number of nitrogens with zero attached hydrogens (tertiary/aromatic N) is 2. The van der Waals surface area contributed by atoms with Crippen molar-refractivity contribution in [2.24, 2.45) is 5.10 Å². The van der Waals surface area contributed by atoms with Gasteiger partial charge in [-0.15, -0.1) is 0 Å². The molecule has 1 amide bonds. The predicted octanol–water partition coefficient (Wildman–Crippen LogP) is 5.59. The fourth-order valence-electron chi connectivity index (χ4n) is 4.49. The molecule has 2 heterocycles. The molecular weight excluding hydrogens is 450 g/mol. The van der Waals surface area contributed by atoms with Gasteiger partial charge in [-0.3, -0.25) is 4.79 Å². The molecule has 1 aromatic heterocycles. The number of hydrazone groups is 1. The average molecular weight is 482 g/mol. The summed E-state index contributed by atoms with van der Waals surface area (Å²) in [6.45, 7) is 9.38. The van der Waals surface area contributed by atoms with Crippen LogP contribution >= 0.6 is 0 Å². The zero-order valence-corrected chi connectivity index (χ0v) is 21.1. The topological polar surface area (TPSA) is 64.8 Å². The Balaban J connectivity index is 1.33. The van der Waals surface area contributed by atoms with Gasteiger partial charge in [-0.2, -0.15) is 5.10 Å². The summed E-state index contributed by atoms with van der Waals surface area (Å²) in [6, 6.07) is 24.5. The second-order valence-electron chi connectivity index (χ2n) is 10.2. The van der Waals surface area contributed by atoms with Crippen LogP contribution in [0.1, 0.15) is 43.2 Å². The molecule has 3 aromatic carbocycles. The van der Waals surface area contributed by atoms with E-state index in [1.54, 1.807) is 6.21 Å². The maximum Gasteiger partial charge on any atom is 0.284 e. The minimum Gasteiger partial charge on any atom is -0.485 e. The molecule has 1 aliphatic rings. The quantitative estimate of drug-likeness (QED) is 0.299. The molecule has 1 atom stereocenters. The van der Waals surface area contributed by atoms with E-state index in [2.05, 4.69) is 67.1 Å². The van der Waals surface area contributed by atoms with Gasteiger partial charge < -0.3 is 14.0 Å². The van der Waals surface area contributed by atoms with Crippen molar-refractivity contribution in [1.82, 2.24) is 9.99 Å². The van der Waals surface area contributed by atoms with Crippen molar-refractivity contribution in [2.75, 3.05) is 6.61 Å². The number of para-hydroxylation sites is 1. The first-order valence-electron chi connectivity index (χ1n) is 12.2. The van der Waals surface area contributed by atoms with Gasteiger partial charge in [0.1, 0.15) is 6.61 Å². The Morgan fingerprint density at radius 3 is 2.58 bits per heavy atom. The molecular formula is C30H31N3O3. The normalized spacial score (nSPS) is 15.4. The predicted molar refractivity (Wildman–Crippen MR) is 143 cm³/mol. The Kier molecular flexibility index (Phi) is 6.27. The summed E-state index contributed by atoms with van der Waals surface area (Å²) in [5, 5.41) is 5.38. The van der Waals surface area contributed by atoms with Crippen LogP contribution in [0.4, 0.5) is 0 Å². The number of carbonyl (C=O) groups excluding carboxylic acids is 1. The molecule has 0 radical (unpaired) electrons. The van der Waals surface area contributed by atoms with Crippen LogP contribution in [0.25, 0.3) is 10.9 Å². The summed E-state index contributed by atoms with van der Waals surface area (Å²) < 4.78 is 14.0. The number of amides is 1. The molecule has 0 fully saturated rings. The van der Waals surface area contributed by atoms with Crippen molar-refractivity contribution in [3.05, 3.63) is 95.2 Å². The first-order valence-corrected chi connectivity index (χ1v) is 12.2. The second-order valence-corrected chi connectivity index (χ2v) is 10.2. The van der Waals surface area contributed by atoms with Gasteiger partial charge >= 0.3 is 0 Å². The minimum atomic E-state index is -0.773. The fraction of sp³-hybridized carbons (Fsp3) is 0.267. The lowest BCUT2D eigenvalue weighted by Gasteiger charge is -2.27. The summed E-state index contributed by atoms with van der Waals surface area (Å²) in [4.78, 5) is 12.8. The fourth-order valence-corrected chi connectivity index (χ4v) is 4.49. The van der Waals surface area contributed by atoms with Crippen LogP contribution in [0.5, 0.6) is 11.5 Å². The Morgan fingerprint density at radius 2 is 1.81 bits per heavy atom. The molecule has 0 bridgehead atoms. The van der Waals surface area contributed by atoms with Gasteiger partial charge in [0.2, 0.25) is 6.10 Å². The molecule has 0 aliphatic carbocycles. The van der Waals surface area contributed by atoms with E-state index in [-0.39, 0.29) is 17.9 Å². The van der Waals surface area contributed by atoms with Crippen LogP contribution in [0.2, 0.25) is 0 Å². The van der Waals surface area contributed by atoms with Gasteiger partial charge in [-0.05, 0) is 41.7 Å². The first-order chi connectivity index (χ1) is 17.3. The molecule has 36 heavy (non-hydrogen) atoms. The molecule has 1 unspecified atom stereocenters. The number of hydrogen-bond donors (Lipinski definition) is 1. The summed E-state index contributed by atoms with van der Waals surface area (Å²) in [5.74, 6) is 0.888. The Bertz CT molecular complexity index is 1430.